The molecule has 1 heterocycles. The Morgan fingerprint density at radius 3 is 2.76 bits per heavy atom. The maximum atomic E-state index is 10.8. The van der Waals surface area contributed by atoms with Crippen LogP contribution in [0.15, 0.2) is 28.9 Å². The summed E-state index contributed by atoms with van der Waals surface area (Å²) < 4.78 is 2.24. The van der Waals surface area contributed by atoms with Gasteiger partial charge in [0.15, 0.2) is 0 Å². The smallest absolute Gasteiger partial charge is 0.271 e. The third-order valence-corrected chi connectivity index (χ3v) is 3.40. The lowest BCUT2D eigenvalue weighted by atomic mass is 10.1. The lowest BCUT2D eigenvalue weighted by molar-refractivity contribution is -0.384. The van der Waals surface area contributed by atoms with Gasteiger partial charge in [0.05, 0.1) is 22.5 Å². The molecule has 21 heavy (non-hydrogen) atoms. The number of rotatable bonds is 4. The Morgan fingerprint density at radius 2 is 2.14 bits per heavy atom. The Hall–Kier alpha value is -1.80. The van der Waals surface area contributed by atoms with Gasteiger partial charge < -0.3 is 5.32 Å². The van der Waals surface area contributed by atoms with Crippen LogP contribution in [0.25, 0.3) is 5.69 Å². The van der Waals surface area contributed by atoms with Gasteiger partial charge in [0.25, 0.3) is 5.69 Å². The topological polar surface area (TPSA) is 85.9 Å². The molecule has 0 aliphatic heterocycles. The molecule has 0 aliphatic rings. The van der Waals surface area contributed by atoms with Gasteiger partial charge in [-0.2, -0.15) is 0 Å². The van der Waals surface area contributed by atoms with E-state index in [0.717, 1.165) is 5.69 Å². The van der Waals surface area contributed by atoms with Crippen molar-refractivity contribution in [2.24, 2.45) is 0 Å². The van der Waals surface area contributed by atoms with Gasteiger partial charge in [-0.15, -0.1) is 5.10 Å². The Labute approximate surface area is 130 Å². The van der Waals surface area contributed by atoms with Crippen LogP contribution in [-0.2, 0) is 6.54 Å². The number of non-ortho nitro benzene ring substituents is 1. The number of hydrogen-bond donors (Lipinski definition) is 1. The molecule has 2 rings (SSSR count). The van der Waals surface area contributed by atoms with Crippen LogP contribution in [0.1, 0.15) is 26.5 Å². The van der Waals surface area contributed by atoms with E-state index in [4.69, 9.17) is 0 Å². The second-order valence-corrected chi connectivity index (χ2v) is 6.51. The number of nitrogens with one attached hydrogen (secondary N) is 1. The van der Waals surface area contributed by atoms with Gasteiger partial charge in [0.2, 0.25) is 0 Å². The van der Waals surface area contributed by atoms with Crippen LogP contribution in [0.3, 0.4) is 0 Å². The van der Waals surface area contributed by atoms with Crippen molar-refractivity contribution in [3.8, 4) is 5.69 Å². The molecule has 1 aromatic carbocycles. The molecule has 0 spiro atoms. The molecule has 8 heteroatoms. The lowest BCUT2D eigenvalue weighted by Crippen LogP contribution is -2.35. The van der Waals surface area contributed by atoms with E-state index in [2.05, 4.69) is 52.3 Å². The molecule has 0 fully saturated rings. The molecule has 1 N–H and O–H groups in total. The second-order valence-electron chi connectivity index (χ2n) is 5.65. The lowest BCUT2D eigenvalue weighted by Gasteiger charge is -2.19. The standard InChI is InChI=1S/C13H16BrN5O2/c1-13(2,3)15-7-9-8-18(17-16-9)12-6-10(19(20)21)4-5-11(12)14/h4-6,8,15H,7H2,1-3H3. The Morgan fingerprint density at radius 1 is 1.43 bits per heavy atom. The number of benzene rings is 1. The highest BCUT2D eigenvalue weighted by Crippen LogP contribution is 2.25. The number of nitro benzene ring substituents is 1. The first kappa shape index (κ1) is 15.6. The van der Waals surface area contributed by atoms with Crippen molar-refractivity contribution in [1.29, 1.82) is 0 Å². The van der Waals surface area contributed by atoms with E-state index in [-0.39, 0.29) is 11.2 Å². The van der Waals surface area contributed by atoms with Crippen molar-refractivity contribution in [1.82, 2.24) is 20.3 Å². The maximum Gasteiger partial charge on any atom is 0.271 e. The molecule has 0 bridgehead atoms. The van der Waals surface area contributed by atoms with Crippen LogP contribution in [0.4, 0.5) is 5.69 Å². The van der Waals surface area contributed by atoms with Crippen molar-refractivity contribution >= 4 is 21.6 Å². The van der Waals surface area contributed by atoms with Gasteiger partial charge in [0.1, 0.15) is 0 Å². The van der Waals surface area contributed by atoms with Crippen molar-refractivity contribution in [2.75, 3.05) is 0 Å². The largest absolute Gasteiger partial charge is 0.306 e. The van der Waals surface area contributed by atoms with E-state index < -0.39 is 4.92 Å². The normalized spacial score (nSPS) is 11.6. The summed E-state index contributed by atoms with van der Waals surface area (Å²) in [6.45, 7) is 6.77. The van der Waals surface area contributed by atoms with E-state index in [1.165, 1.54) is 16.8 Å². The van der Waals surface area contributed by atoms with Gasteiger partial charge in [-0.05, 0) is 42.8 Å². The number of aromatic nitrogens is 3. The summed E-state index contributed by atoms with van der Waals surface area (Å²) in [5, 5.41) is 22.3. The molecular formula is C13H16BrN5O2. The first-order valence-corrected chi connectivity index (χ1v) is 7.16. The zero-order valence-electron chi connectivity index (χ0n) is 12.0. The highest BCUT2D eigenvalue weighted by molar-refractivity contribution is 9.10. The highest BCUT2D eigenvalue weighted by atomic mass is 79.9. The summed E-state index contributed by atoms with van der Waals surface area (Å²) >= 11 is 3.37. The number of nitro groups is 1. The fourth-order valence-electron chi connectivity index (χ4n) is 1.64. The molecule has 0 amide bonds. The van der Waals surface area contributed by atoms with Crippen LogP contribution in [-0.4, -0.2) is 25.5 Å². The molecule has 0 atom stereocenters. The maximum absolute atomic E-state index is 10.8. The van der Waals surface area contributed by atoms with Crippen LogP contribution < -0.4 is 5.32 Å². The third kappa shape index (κ3) is 4.08. The van der Waals surface area contributed by atoms with Crippen molar-refractivity contribution in [3.63, 3.8) is 0 Å². The number of nitrogens with zero attached hydrogens (tertiary/aromatic N) is 4. The molecule has 0 aliphatic carbocycles. The SMILES string of the molecule is CC(C)(C)NCc1cn(-c2cc([N+](=O)[O-])ccc2Br)nn1. The first-order valence-electron chi connectivity index (χ1n) is 6.37. The summed E-state index contributed by atoms with van der Waals surface area (Å²) in [6.07, 6.45) is 1.75. The molecular weight excluding hydrogens is 338 g/mol. The van der Waals surface area contributed by atoms with Crippen molar-refractivity contribution < 1.29 is 4.92 Å². The highest BCUT2D eigenvalue weighted by Gasteiger charge is 2.14. The molecule has 2 aromatic rings. The summed E-state index contributed by atoms with van der Waals surface area (Å²) in [4.78, 5) is 10.4. The van der Waals surface area contributed by atoms with Crippen molar-refractivity contribution in [3.05, 3.63) is 44.7 Å². The van der Waals surface area contributed by atoms with Crippen LogP contribution >= 0.6 is 15.9 Å². The zero-order chi connectivity index (χ0) is 15.6. The summed E-state index contributed by atoms with van der Waals surface area (Å²) in [6, 6.07) is 4.52. The summed E-state index contributed by atoms with van der Waals surface area (Å²) in [5.41, 5.74) is 1.34. The predicted molar refractivity (Wildman–Crippen MR) is 82.3 cm³/mol. The fraction of sp³-hybridized carbons (Fsp3) is 0.385. The van der Waals surface area contributed by atoms with Crippen molar-refractivity contribution in [2.45, 2.75) is 32.9 Å². The van der Waals surface area contributed by atoms with E-state index in [0.29, 0.717) is 16.7 Å². The van der Waals surface area contributed by atoms with Gasteiger partial charge in [-0.25, -0.2) is 4.68 Å². The Kier molecular flexibility index (Phi) is 4.38. The third-order valence-electron chi connectivity index (χ3n) is 2.73. The second kappa shape index (κ2) is 5.90. The molecule has 7 nitrogen and oxygen atoms in total. The average molecular weight is 354 g/mol. The number of hydrogen-bond acceptors (Lipinski definition) is 5. The monoisotopic (exact) mass is 353 g/mol. The summed E-state index contributed by atoms with van der Waals surface area (Å²) in [5.74, 6) is 0. The van der Waals surface area contributed by atoms with E-state index >= 15 is 0 Å². The Bertz CT molecular complexity index is 663. The molecule has 112 valence electrons. The van der Waals surface area contributed by atoms with Crippen LogP contribution in [0, 0.1) is 10.1 Å². The van der Waals surface area contributed by atoms with E-state index in [9.17, 15) is 10.1 Å². The van der Waals surface area contributed by atoms with Gasteiger partial charge in [-0.3, -0.25) is 10.1 Å². The molecule has 0 saturated heterocycles. The van der Waals surface area contributed by atoms with Crippen LogP contribution in [0.2, 0.25) is 0 Å². The molecule has 0 saturated carbocycles. The summed E-state index contributed by atoms with van der Waals surface area (Å²) in [7, 11) is 0. The van der Waals surface area contributed by atoms with Crippen LogP contribution in [0.5, 0.6) is 0 Å². The minimum absolute atomic E-state index is 0.0121. The first-order chi connectivity index (χ1) is 9.76. The molecule has 0 radical (unpaired) electrons. The average Bonchev–Trinajstić information content (AvgIpc) is 2.84. The molecule has 1 aromatic heterocycles. The predicted octanol–water partition coefficient (Wildman–Crippen LogP) is 2.83. The quantitative estimate of drug-likeness (QED) is 0.674. The van der Waals surface area contributed by atoms with Gasteiger partial charge in [-0.1, -0.05) is 5.21 Å². The van der Waals surface area contributed by atoms with E-state index in [1.54, 1.807) is 12.3 Å². The van der Waals surface area contributed by atoms with Gasteiger partial charge in [0, 0.05) is 28.7 Å². The minimum Gasteiger partial charge on any atom is -0.306 e. The minimum atomic E-state index is -0.436. The Balaban J connectivity index is 2.25. The number of halogens is 1. The zero-order valence-corrected chi connectivity index (χ0v) is 13.6. The molecule has 0 unspecified atom stereocenters. The van der Waals surface area contributed by atoms with Gasteiger partial charge >= 0.3 is 0 Å². The van der Waals surface area contributed by atoms with E-state index in [1.807, 2.05) is 0 Å². The fourth-order valence-corrected chi connectivity index (χ4v) is 2.07.